The zero-order valence-corrected chi connectivity index (χ0v) is 16.3. The number of nitrogens with zero attached hydrogens (tertiary/aromatic N) is 3. The van der Waals surface area contributed by atoms with E-state index in [4.69, 9.17) is 0 Å². The highest BCUT2D eigenvalue weighted by Gasteiger charge is 2.34. The molecule has 1 aromatic carbocycles. The van der Waals surface area contributed by atoms with Gasteiger partial charge in [-0.05, 0) is 43.5 Å². The summed E-state index contributed by atoms with van der Waals surface area (Å²) in [5.41, 5.74) is 0.889. The molecule has 0 bridgehead atoms. The first-order valence-corrected chi connectivity index (χ1v) is 9.82. The number of carbonyl (C=O) groups is 1. The molecule has 1 fully saturated rings. The van der Waals surface area contributed by atoms with Crippen LogP contribution in [0.3, 0.4) is 0 Å². The molecule has 3 rings (SSSR count). The van der Waals surface area contributed by atoms with E-state index in [-0.39, 0.29) is 18.4 Å². The summed E-state index contributed by atoms with van der Waals surface area (Å²) in [6, 6.07) is 5.25. The average Bonchev–Trinajstić information content (AvgIpc) is 3.50. The summed E-state index contributed by atoms with van der Waals surface area (Å²) in [6.07, 6.45) is -1.18. The molecule has 1 aliphatic carbocycles. The number of hydrogen-bond acceptors (Lipinski definition) is 3. The smallest absolute Gasteiger partial charge is 0.338 e. The van der Waals surface area contributed by atoms with Crippen LogP contribution in [-0.2, 0) is 22.8 Å². The van der Waals surface area contributed by atoms with Crippen LogP contribution in [0.2, 0.25) is 0 Å². The van der Waals surface area contributed by atoms with Gasteiger partial charge >= 0.3 is 6.18 Å². The molecule has 4 nitrogen and oxygen atoms in total. The topological polar surface area (TPSA) is 46.1 Å². The quantitative estimate of drug-likeness (QED) is 0.603. The molecule has 0 N–H and O–H groups in total. The van der Waals surface area contributed by atoms with Crippen LogP contribution in [0.25, 0.3) is 11.4 Å². The number of amides is 1. The van der Waals surface area contributed by atoms with Crippen molar-refractivity contribution in [1.82, 2.24) is 14.9 Å². The van der Waals surface area contributed by atoms with Crippen LogP contribution in [-0.4, -0.2) is 27.3 Å². The minimum absolute atomic E-state index is 0.00371. The van der Waals surface area contributed by atoms with Gasteiger partial charge in [-0.15, -0.1) is 0 Å². The van der Waals surface area contributed by atoms with Gasteiger partial charge in [-0.25, -0.2) is 9.97 Å². The minimum Gasteiger partial charge on any atom is -0.338 e. The van der Waals surface area contributed by atoms with E-state index in [0.717, 1.165) is 30.7 Å². The average molecular weight is 442 g/mol. The van der Waals surface area contributed by atoms with Gasteiger partial charge in [0.15, 0.2) is 5.82 Å². The molecule has 1 aliphatic rings. The minimum atomic E-state index is -4.45. The molecule has 0 atom stereocenters. The standard InChI is InChI=1S/C19H19BrF3N3O/c1-2-26(18(27)12-3-4-12)11-13-9-14(19(21,22)23)5-6-16(13)17-24-8-7-15(10-20)25-17/h5-9,12H,2-4,10-11H2,1H3. The van der Waals surface area contributed by atoms with Gasteiger partial charge in [0.05, 0.1) is 11.3 Å². The second kappa shape index (κ2) is 7.96. The first-order chi connectivity index (χ1) is 12.8. The monoisotopic (exact) mass is 441 g/mol. The zero-order valence-electron chi connectivity index (χ0n) is 14.8. The summed E-state index contributed by atoms with van der Waals surface area (Å²) in [5, 5.41) is 0.514. The van der Waals surface area contributed by atoms with Gasteiger partial charge in [0.25, 0.3) is 0 Å². The van der Waals surface area contributed by atoms with E-state index in [1.165, 1.54) is 6.07 Å². The Labute approximate surface area is 163 Å². The van der Waals surface area contributed by atoms with Crippen molar-refractivity contribution in [3.05, 3.63) is 47.3 Å². The van der Waals surface area contributed by atoms with Crippen LogP contribution in [0.4, 0.5) is 13.2 Å². The SMILES string of the molecule is CCN(Cc1cc(C(F)(F)F)ccc1-c1nccc(CBr)n1)C(=O)C1CC1. The maximum Gasteiger partial charge on any atom is 0.416 e. The third-order valence-corrected chi connectivity index (χ3v) is 5.08. The Kier molecular flexibility index (Phi) is 5.83. The zero-order chi connectivity index (χ0) is 19.6. The van der Waals surface area contributed by atoms with Gasteiger partial charge in [-0.3, -0.25) is 4.79 Å². The lowest BCUT2D eigenvalue weighted by molar-refractivity contribution is -0.137. The lowest BCUT2D eigenvalue weighted by atomic mass is 10.0. The molecule has 144 valence electrons. The van der Waals surface area contributed by atoms with Crippen LogP contribution >= 0.6 is 15.9 Å². The van der Waals surface area contributed by atoms with E-state index in [9.17, 15) is 18.0 Å². The fourth-order valence-electron chi connectivity index (χ4n) is 2.86. The number of rotatable bonds is 6. The lowest BCUT2D eigenvalue weighted by Gasteiger charge is -2.23. The molecular formula is C19H19BrF3N3O. The van der Waals surface area contributed by atoms with Crippen molar-refractivity contribution in [2.75, 3.05) is 6.54 Å². The number of alkyl halides is 4. The van der Waals surface area contributed by atoms with E-state index in [1.54, 1.807) is 17.2 Å². The van der Waals surface area contributed by atoms with Crippen LogP contribution in [0.1, 0.15) is 36.6 Å². The molecule has 1 aromatic heterocycles. The summed E-state index contributed by atoms with van der Waals surface area (Å²) in [6.45, 7) is 2.37. The van der Waals surface area contributed by atoms with Crippen molar-refractivity contribution in [1.29, 1.82) is 0 Å². The molecule has 2 aromatic rings. The third-order valence-electron chi connectivity index (χ3n) is 4.50. The van der Waals surface area contributed by atoms with Gasteiger partial charge in [0, 0.05) is 36.1 Å². The lowest BCUT2D eigenvalue weighted by Crippen LogP contribution is -2.31. The van der Waals surface area contributed by atoms with Crippen molar-refractivity contribution in [2.24, 2.45) is 5.92 Å². The number of aromatic nitrogens is 2. The van der Waals surface area contributed by atoms with Crippen molar-refractivity contribution in [3.8, 4) is 11.4 Å². The number of carbonyl (C=O) groups excluding carboxylic acids is 1. The van der Waals surface area contributed by atoms with Crippen LogP contribution in [0.15, 0.2) is 30.5 Å². The molecule has 1 amide bonds. The summed E-state index contributed by atoms with van der Waals surface area (Å²) >= 11 is 3.32. The molecular weight excluding hydrogens is 423 g/mol. The molecule has 0 saturated heterocycles. The van der Waals surface area contributed by atoms with E-state index in [1.807, 2.05) is 6.92 Å². The Hall–Kier alpha value is -1.96. The number of hydrogen-bond donors (Lipinski definition) is 0. The Morgan fingerprint density at radius 2 is 2.04 bits per heavy atom. The Balaban J connectivity index is 2.02. The first-order valence-electron chi connectivity index (χ1n) is 8.70. The fraction of sp³-hybridized carbons (Fsp3) is 0.421. The van der Waals surface area contributed by atoms with Crippen molar-refractivity contribution >= 4 is 21.8 Å². The predicted molar refractivity (Wildman–Crippen MR) is 98.9 cm³/mol. The Morgan fingerprint density at radius 1 is 1.30 bits per heavy atom. The third kappa shape index (κ3) is 4.66. The summed E-state index contributed by atoms with van der Waals surface area (Å²) in [4.78, 5) is 22.7. The van der Waals surface area contributed by atoms with E-state index in [0.29, 0.717) is 28.8 Å². The van der Waals surface area contributed by atoms with Gasteiger partial charge < -0.3 is 4.90 Å². The van der Waals surface area contributed by atoms with Gasteiger partial charge in [-0.1, -0.05) is 22.0 Å². The maximum atomic E-state index is 13.2. The molecule has 0 unspecified atom stereocenters. The molecule has 0 spiro atoms. The van der Waals surface area contributed by atoms with Gasteiger partial charge in [-0.2, -0.15) is 13.2 Å². The van der Waals surface area contributed by atoms with Crippen molar-refractivity contribution in [3.63, 3.8) is 0 Å². The van der Waals surface area contributed by atoms with Crippen LogP contribution in [0, 0.1) is 5.92 Å². The normalized spacial score (nSPS) is 14.3. The van der Waals surface area contributed by atoms with Crippen molar-refractivity contribution < 1.29 is 18.0 Å². The molecule has 1 saturated carbocycles. The maximum absolute atomic E-state index is 13.2. The van der Waals surface area contributed by atoms with Crippen LogP contribution in [0.5, 0.6) is 0 Å². The van der Waals surface area contributed by atoms with Gasteiger partial charge in [0.1, 0.15) is 0 Å². The Bertz CT molecular complexity index is 837. The summed E-state index contributed by atoms with van der Waals surface area (Å²) in [7, 11) is 0. The van der Waals surface area contributed by atoms with Crippen molar-refractivity contribution in [2.45, 2.75) is 37.8 Å². The molecule has 8 heteroatoms. The van der Waals surface area contributed by atoms with Gasteiger partial charge in [0.2, 0.25) is 5.91 Å². The second-order valence-corrected chi connectivity index (χ2v) is 7.06. The number of benzene rings is 1. The highest BCUT2D eigenvalue weighted by atomic mass is 79.9. The second-order valence-electron chi connectivity index (χ2n) is 6.50. The molecule has 0 radical (unpaired) electrons. The van der Waals surface area contributed by atoms with Crippen LogP contribution < -0.4 is 0 Å². The first kappa shape index (κ1) is 19.8. The summed E-state index contributed by atoms with van der Waals surface area (Å²) in [5.74, 6) is 0.355. The number of halogens is 4. The van der Waals surface area contributed by atoms with E-state index >= 15 is 0 Å². The van der Waals surface area contributed by atoms with E-state index in [2.05, 4.69) is 25.9 Å². The molecule has 0 aliphatic heterocycles. The largest absolute Gasteiger partial charge is 0.416 e. The van der Waals surface area contributed by atoms with E-state index < -0.39 is 11.7 Å². The highest BCUT2D eigenvalue weighted by molar-refractivity contribution is 9.08. The molecule has 1 heterocycles. The predicted octanol–water partition coefficient (Wildman–Crippen LogP) is 4.82. The highest BCUT2D eigenvalue weighted by Crippen LogP contribution is 2.35. The fourth-order valence-corrected chi connectivity index (χ4v) is 3.17. The Morgan fingerprint density at radius 3 is 2.63 bits per heavy atom. The molecule has 27 heavy (non-hydrogen) atoms. The summed E-state index contributed by atoms with van der Waals surface area (Å²) < 4.78 is 39.7.